The standard InChI is InChI=1S/C26H43NO5/c1-4-5-6-7-8-9-10-11-12-15-23(28)26-20(2)22(17-18-25(31)32)27(21(26)3)19-14-13-16-24(29)30/h4-19H2,1-3H3,(H,29,30)(H,31,32). The van der Waals surface area contributed by atoms with Crippen LogP contribution in [-0.2, 0) is 22.6 Å². The van der Waals surface area contributed by atoms with E-state index in [-0.39, 0.29) is 18.6 Å². The summed E-state index contributed by atoms with van der Waals surface area (Å²) in [6, 6.07) is 0. The highest BCUT2D eigenvalue weighted by Crippen LogP contribution is 2.26. The lowest BCUT2D eigenvalue weighted by molar-refractivity contribution is -0.138. The molecule has 6 heteroatoms. The maximum atomic E-state index is 13.0. The van der Waals surface area contributed by atoms with Crippen molar-refractivity contribution in [2.75, 3.05) is 0 Å². The molecule has 32 heavy (non-hydrogen) atoms. The molecule has 6 nitrogen and oxygen atoms in total. The zero-order valence-electron chi connectivity index (χ0n) is 20.4. The molecule has 0 radical (unpaired) electrons. The highest BCUT2D eigenvalue weighted by Gasteiger charge is 2.22. The maximum Gasteiger partial charge on any atom is 0.303 e. The fraction of sp³-hybridized carbons (Fsp3) is 0.731. The third-order valence-corrected chi connectivity index (χ3v) is 6.28. The number of Topliss-reactive ketones (excluding diaryl/α,β-unsaturated/α-hetero) is 1. The first-order valence-electron chi connectivity index (χ1n) is 12.4. The van der Waals surface area contributed by atoms with Gasteiger partial charge in [-0.3, -0.25) is 14.4 Å². The van der Waals surface area contributed by atoms with Crippen LogP contribution in [0.3, 0.4) is 0 Å². The molecule has 0 bridgehead atoms. The van der Waals surface area contributed by atoms with Crippen LogP contribution in [0.4, 0.5) is 0 Å². The third-order valence-electron chi connectivity index (χ3n) is 6.28. The largest absolute Gasteiger partial charge is 0.481 e. The zero-order valence-corrected chi connectivity index (χ0v) is 20.4. The van der Waals surface area contributed by atoms with Crippen LogP contribution < -0.4 is 0 Å². The van der Waals surface area contributed by atoms with Gasteiger partial charge in [-0.2, -0.15) is 0 Å². The van der Waals surface area contributed by atoms with Crippen LogP contribution in [0.5, 0.6) is 0 Å². The van der Waals surface area contributed by atoms with Crippen LogP contribution in [0.1, 0.15) is 124 Å². The van der Waals surface area contributed by atoms with E-state index in [1.807, 2.05) is 18.4 Å². The molecular formula is C26H43NO5. The van der Waals surface area contributed by atoms with E-state index in [2.05, 4.69) is 6.92 Å². The molecule has 0 aliphatic rings. The minimum atomic E-state index is -0.858. The van der Waals surface area contributed by atoms with Gasteiger partial charge in [0.2, 0.25) is 0 Å². The smallest absolute Gasteiger partial charge is 0.303 e. The molecule has 0 atom stereocenters. The molecule has 0 unspecified atom stereocenters. The lowest BCUT2D eigenvalue weighted by Gasteiger charge is -2.11. The van der Waals surface area contributed by atoms with Crippen molar-refractivity contribution in [1.29, 1.82) is 0 Å². The van der Waals surface area contributed by atoms with E-state index in [1.54, 1.807) is 0 Å². The Bertz CT molecular complexity index is 735. The predicted octanol–water partition coefficient (Wildman–Crippen LogP) is 6.48. The van der Waals surface area contributed by atoms with Gasteiger partial charge in [-0.1, -0.05) is 58.3 Å². The molecule has 2 N–H and O–H groups in total. The molecule has 1 rings (SSSR count). The first-order chi connectivity index (χ1) is 15.3. The van der Waals surface area contributed by atoms with Crippen molar-refractivity contribution >= 4 is 17.7 Å². The summed E-state index contributed by atoms with van der Waals surface area (Å²) in [5.41, 5.74) is 3.42. The maximum absolute atomic E-state index is 13.0. The van der Waals surface area contributed by atoms with Gasteiger partial charge in [0.25, 0.3) is 0 Å². The van der Waals surface area contributed by atoms with E-state index >= 15 is 0 Å². The summed E-state index contributed by atoms with van der Waals surface area (Å²) in [5, 5.41) is 18.0. The van der Waals surface area contributed by atoms with E-state index < -0.39 is 11.9 Å². The number of carboxylic acids is 2. The molecule has 0 amide bonds. The van der Waals surface area contributed by atoms with Gasteiger partial charge in [0.1, 0.15) is 0 Å². The minimum absolute atomic E-state index is 0.0192. The van der Waals surface area contributed by atoms with Gasteiger partial charge in [0.05, 0.1) is 6.42 Å². The number of carboxylic acid groups (broad SMARTS) is 2. The summed E-state index contributed by atoms with van der Waals surface area (Å²) in [5.74, 6) is -1.53. The molecule has 0 spiro atoms. The monoisotopic (exact) mass is 449 g/mol. The molecular weight excluding hydrogens is 406 g/mol. The molecule has 1 aromatic rings. The van der Waals surface area contributed by atoms with Gasteiger partial charge >= 0.3 is 11.9 Å². The van der Waals surface area contributed by atoms with Crippen molar-refractivity contribution in [3.05, 3.63) is 22.5 Å². The summed E-state index contributed by atoms with van der Waals surface area (Å²) >= 11 is 0. The average Bonchev–Trinajstić information content (AvgIpc) is 2.97. The highest BCUT2D eigenvalue weighted by molar-refractivity contribution is 5.99. The summed E-state index contributed by atoms with van der Waals surface area (Å²) in [6.45, 7) is 6.68. The number of ketones is 1. The highest BCUT2D eigenvalue weighted by atomic mass is 16.4. The summed E-state index contributed by atoms with van der Waals surface area (Å²) in [4.78, 5) is 34.9. The number of carbonyl (C=O) groups excluding carboxylic acids is 1. The molecule has 1 aromatic heterocycles. The van der Waals surface area contributed by atoms with Crippen LogP contribution in [0.25, 0.3) is 0 Å². The fourth-order valence-electron chi connectivity index (χ4n) is 4.48. The Labute approximate surface area is 193 Å². The second-order valence-corrected chi connectivity index (χ2v) is 8.93. The number of aromatic nitrogens is 1. The van der Waals surface area contributed by atoms with Gasteiger partial charge in [0.15, 0.2) is 5.78 Å². The van der Waals surface area contributed by atoms with E-state index in [4.69, 9.17) is 10.2 Å². The number of carbonyl (C=O) groups is 3. The molecule has 0 aromatic carbocycles. The Kier molecular flexibility index (Phi) is 13.7. The van der Waals surface area contributed by atoms with Gasteiger partial charge in [0, 0.05) is 36.3 Å². The molecule has 0 aliphatic carbocycles. The lowest BCUT2D eigenvalue weighted by atomic mass is 9.99. The van der Waals surface area contributed by atoms with Crippen LogP contribution in [-0.4, -0.2) is 32.5 Å². The van der Waals surface area contributed by atoms with Crippen molar-refractivity contribution in [2.24, 2.45) is 0 Å². The van der Waals surface area contributed by atoms with Gasteiger partial charge in [-0.05, 0) is 45.1 Å². The molecule has 182 valence electrons. The van der Waals surface area contributed by atoms with Gasteiger partial charge < -0.3 is 14.8 Å². The van der Waals surface area contributed by atoms with E-state index in [0.29, 0.717) is 32.2 Å². The lowest BCUT2D eigenvalue weighted by Crippen LogP contribution is -2.09. The van der Waals surface area contributed by atoms with E-state index in [0.717, 1.165) is 35.4 Å². The Morgan fingerprint density at radius 3 is 1.81 bits per heavy atom. The van der Waals surface area contributed by atoms with Gasteiger partial charge in [-0.15, -0.1) is 0 Å². The molecule has 0 saturated carbocycles. The Morgan fingerprint density at radius 2 is 1.25 bits per heavy atom. The number of nitrogens with zero attached hydrogens (tertiary/aromatic N) is 1. The Hall–Kier alpha value is -2.11. The van der Waals surface area contributed by atoms with Crippen molar-refractivity contribution < 1.29 is 24.6 Å². The number of rotatable bonds is 19. The van der Waals surface area contributed by atoms with E-state index in [9.17, 15) is 14.4 Å². The summed E-state index contributed by atoms with van der Waals surface area (Å²) in [7, 11) is 0. The SMILES string of the molecule is CCCCCCCCCCCC(=O)c1c(C)c(CCC(=O)O)n(CCCCC(=O)O)c1C. The number of hydrogen-bond donors (Lipinski definition) is 2. The van der Waals surface area contributed by atoms with Crippen LogP contribution in [0.15, 0.2) is 0 Å². The van der Waals surface area contributed by atoms with Crippen LogP contribution in [0.2, 0.25) is 0 Å². The number of aliphatic carboxylic acids is 2. The molecule has 0 saturated heterocycles. The number of hydrogen-bond acceptors (Lipinski definition) is 3. The Morgan fingerprint density at radius 1 is 0.719 bits per heavy atom. The normalized spacial score (nSPS) is 11.1. The van der Waals surface area contributed by atoms with Crippen LogP contribution >= 0.6 is 0 Å². The number of unbranched alkanes of at least 4 members (excludes halogenated alkanes) is 9. The second kappa shape index (κ2) is 15.7. The van der Waals surface area contributed by atoms with Crippen molar-refractivity contribution in [3.8, 4) is 0 Å². The first kappa shape index (κ1) is 27.9. The Balaban J connectivity index is 2.68. The van der Waals surface area contributed by atoms with Crippen molar-refractivity contribution in [2.45, 2.75) is 124 Å². The zero-order chi connectivity index (χ0) is 23.9. The second-order valence-electron chi connectivity index (χ2n) is 8.93. The fourth-order valence-corrected chi connectivity index (χ4v) is 4.48. The van der Waals surface area contributed by atoms with Crippen LogP contribution in [0, 0.1) is 13.8 Å². The minimum Gasteiger partial charge on any atom is -0.481 e. The average molecular weight is 450 g/mol. The first-order valence-corrected chi connectivity index (χ1v) is 12.4. The quantitative estimate of drug-likeness (QED) is 0.186. The third kappa shape index (κ3) is 10.0. The predicted molar refractivity (Wildman–Crippen MR) is 128 cm³/mol. The summed E-state index contributed by atoms with van der Waals surface area (Å²) in [6.07, 6.45) is 13.2. The van der Waals surface area contributed by atoms with Crippen molar-refractivity contribution in [1.82, 2.24) is 4.57 Å². The summed E-state index contributed by atoms with van der Waals surface area (Å²) < 4.78 is 2.05. The van der Waals surface area contributed by atoms with E-state index in [1.165, 1.54) is 44.9 Å². The molecule has 1 heterocycles. The van der Waals surface area contributed by atoms with Gasteiger partial charge in [-0.25, -0.2) is 0 Å². The topological polar surface area (TPSA) is 96.6 Å². The molecule has 0 aliphatic heterocycles. The van der Waals surface area contributed by atoms with Crippen molar-refractivity contribution in [3.63, 3.8) is 0 Å². The molecule has 0 fully saturated rings.